The Hall–Kier alpha value is -3.80. The third kappa shape index (κ3) is 3.72. The lowest BCUT2D eigenvalue weighted by Gasteiger charge is -2.36. The molecule has 1 aliphatic heterocycles. The van der Waals surface area contributed by atoms with Gasteiger partial charge in [0.05, 0.1) is 32.4 Å². The van der Waals surface area contributed by atoms with Crippen molar-refractivity contribution < 1.29 is 19.1 Å². The van der Waals surface area contributed by atoms with Gasteiger partial charge in [-0.25, -0.2) is 9.59 Å². The molecule has 1 atom stereocenters. The maximum atomic E-state index is 13.2. The summed E-state index contributed by atoms with van der Waals surface area (Å²) in [5.74, 6) is 0.102. The lowest BCUT2D eigenvalue weighted by molar-refractivity contribution is -0.136. The van der Waals surface area contributed by atoms with Crippen LogP contribution in [0.2, 0.25) is 0 Å². The first-order valence-electron chi connectivity index (χ1n) is 10.0. The molecule has 0 saturated carbocycles. The second-order valence-electron chi connectivity index (χ2n) is 7.35. The molecule has 4 rings (SSSR count). The average molecular weight is 416 g/mol. The van der Waals surface area contributed by atoms with E-state index in [4.69, 9.17) is 9.47 Å². The van der Waals surface area contributed by atoms with E-state index in [1.165, 1.54) is 7.11 Å². The van der Waals surface area contributed by atoms with Crippen LogP contribution in [0.1, 0.15) is 24.1 Å². The summed E-state index contributed by atoms with van der Waals surface area (Å²) in [6.07, 6.45) is 0. The van der Waals surface area contributed by atoms with Crippen molar-refractivity contribution in [2.75, 3.05) is 14.2 Å². The number of fused-ring (bicyclic) bond motifs is 1. The van der Waals surface area contributed by atoms with Crippen LogP contribution in [0.4, 0.5) is 4.79 Å². The second kappa shape index (κ2) is 8.52. The van der Waals surface area contributed by atoms with Crippen molar-refractivity contribution in [2.24, 2.45) is 0 Å². The molecule has 0 aliphatic carbocycles. The molecule has 0 unspecified atom stereocenters. The van der Waals surface area contributed by atoms with E-state index < -0.39 is 12.0 Å². The molecule has 1 N–H and O–H groups in total. The molecule has 2 amide bonds. The van der Waals surface area contributed by atoms with Crippen molar-refractivity contribution in [1.29, 1.82) is 0 Å². The fourth-order valence-electron chi connectivity index (χ4n) is 4.08. The summed E-state index contributed by atoms with van der Waals surface area (Å²) in [5, 5.41) is 4.90. The summed E-state index contributed by atoms with van der Waals surface area (Å²) in [7, 11) is 2.92. The average Bonchev–Trinajstić information content (AvgIpc) is 2.80. The van der Waals surface area contributed by atoms with E-state index in [9.17, 15) is 9.59 Å². The maximum absolute atomic E-state index is 13.2. The van der Waals surface area contributed by atoms with Gasteiger partial charge in [-0.3, -0.25) is 4.90 Å². The topological polar surface area (TPSA) is 67.9 Å². The van der Waals surface area contributed by atoms with Crippen molar-refractivity contribution in [3.05, 3.63) is 89.1 Å². The van der Waals surface area contributed by atoms with E-state index in [2.05, 4.69) is 5.32 Å². The van der Waals surface area contributed by atoms with Crippen molar-refractivity contribution in [3.8, 4) is 5.75 Å². The molecule has 0 fully saturated rings. The van der Waals surface area contributed by atoms with Gasteiger partial charge in [0, 0.05) is 11.3 Å². The first-order chi connectivity index (χ1) is 15.0. The Labute approximate surface area is 181 Å². The second-order valence-corrected chi connectivity index (χ2v) is 7.35. The zero-order valence-electron chi connectivity index (χ0n) is 17.7. The van der Waals surface area contributed by atoms with Gasteiger partial charge in [-0.05, 0) is 29.3 Å². The fraction of sp³-hybridized carbons (Fsp3) is 0.200. The zero-order chi connectivity index (χ0) is 22.0. The van der Waals surface area contributed by atoms with Gasteiger partial charge in [0.15, 0.2) is 0 Å². The van der Waals surface area contributed by atoms with Crippen molar-refractivity contribution >= 4 is 22.8 Å². The molecule has 31 heavy (non-hydrogen) atoms. The molecule has 0 aromatic heterocycles. The van der Waals surface area contributed by atoms with Gasteiger partial charge in [0.2, 0.25) is 0 Å². The molecule has 0 bridgehead atoms. The fourth-order valence-corrected chi connectivity index (χ4v) is 4.08. The maximum Gasteiger partial charge on any atom is 0.337 e. The van der Waals surface area contributed by atoms with E-state index in [1.54, 1.807) is 18.9 Å². The Morgan fingerprint density at radius 2 is 1.71 bits per heavy atom. The molecule has 3 aromatic carbocycles. The monoisotopic (exact) mass is 416 g/mol. The Kier molecular flexibility index (Phi) is 5.62. The predicted molar refractivity (Wildman–Crippen MR) is 118 cm³/mol. The lowest BCUT2D eigenvalue weighted by atomic mass is 9.90. The summed E-state index contributed by atoms with van der Waals surface area (Å²) < 4.78 is 10.7. The van der Waals surface area contributed by atoms with Crippen LogP contribution >= 0.6 is 0 Å². The van der Waals surface area contributed by atoms with Crippen LogP contribution in [-0.2, 0) is 16.1 Å². The number of ether oxygens (including phenoxy) is 2. The van der Waals surface area contributed by atoms with E-state index in [0.29, 0.717) is 23.6 Å². The highest BCUT2D eigenvalue weighted by Gasteiger charge is 2.38. The van der Waals surface area contributed by atoms with Crippen molar-refractivity contribution in [1.82, 2.24) is 10.2 Å². The highest BCUT2D eigenvalue weighted by Crippen LogP contribution is 2.40. The number of allylic oxidation sites excluding steroid dienone is 1. The highest BCUT2D eigenvalue weighted by molar-refractivity contribution is 5.98. The van der Waals surface area contributed by atoms with E-state index in [-0.39, 0.29) is 6.03 Å². The number of hydrogen-bond donors (Lipinski definition) is 1. The Balaban J connectivity index is 1.89. The minimum absolute atomic E-state index is 0.283. The van der Waals surface area contributed by atoms with Crippen molar-refractivity contribution in [2.45, 2.75) is 19.5 Å². The lowest BCUT2D eigenvalue weighted by Crippen LogP contribution is -2.47. The van der Waals surface area contributed by atoms with Crippen LogP contribution < -0.4 is 10.1 Å². The van der Waals surface area contributed by atoms with Crippen LogP contribution in [0.3, 0.4) is 0 Å². The largest absolute Gasteiger partial charge is 0.496 e. The summed E-state index contributed by atoms with van der Waals surface area (Å²) in [4.78, 5) is 27.6. The molecular formula is C25H24N2O4. The quantitative estimate of drug-likeness (QED) is 0.619. The predicted octanol–water partition coefficient (Wildman–Crippen LogP) is 4.56. The molecule has 3 aromatic rings. The third-order valence-corrected chi connectivity index (χ3v) is 5.62. The number of hydrogen-bond acceptors (Lipinski definition) is 4. The molecule has 158 valence electrons. The summed E-state index contributed by atoms with van der Waals surface area (Å²) in [6.45, 7) is 2.12. The minimum Gasteiger partial charge on any atom is -0.496 e. The van der Waals surface area contributed by atoms with E-state index >= 15 is 0 Å². The third-order valence-electron chi connectivity index (χ3n) is 5.62. The smallest absolute Gasteiger partial charge is 0.337 e. The van der Waals surface area contributed by atoms with Crippen molar-refractivity contribution in [3.63, 3.8) is 0 Å². The normalized spacial score (nSPS) is 16.3. The number of carbonyl (C=O) groups excluding carboxylic acids is 2. The number of methoxy groups -OCH3 is 2. The summed E-state index contributed by atoms with van der Waals surface area (Å²) >= 11 is 0. The van der Waals surface area contributed by atoms with Crippen LogP contribution in [0.25, 0.3) is 10.8 Å². The number of esters is 1. The SMILES string of the molecule is COC(=O)C1=C(C)N(Cc2ccccc2)C(=O)N[C@H]1c1c(OC)ccc2ccccc12. The van der Waals surface area contributed by atoms with Gasteiger partial charge < -0.3 is 14.8 Å². The molecule has 1 aliphatic rings. The molecular weight excluding hydrogens is 392 g/mol. The minimum atomic E-state index is -0.701. The van der Waals surface area contributed by atoms with Crippen LogP contribution in [0.5, 0.6) is 5.75 Å². The summed E-state index contributed by atoms with van der Waals surface area (Å²) in [5.41, 5.74) is 2.63. The molecule has 6 nitrogen and oxygen atoms in total. The van der Waals surface area contributed by atoms with Gasteiger partial charge >= 0.3 is 12.0 Å². The van der Waals surface area contributed by atoms with Crippen LogP contribution in [0.15, 0.2) is 78.0 Å². The first-order valence-corrected chi connectivity index (χ1v) is 10.0. The molecule has 0 radical (unpaired) electrons. The Morgan fingerprint density at radius 1 is 1.00 bits per heavy atom. The van der Waals surface area contributed by atoms with Crippen LogP contribution in [0, 0.1) is 0 Å². The van der Waals surface area contributed by atoms with Gasteiger partial charge in [-0.15, -0.1) is 0 Å². The molecule has 0 spiro atoms. The number of carbonyl (C=O) groups is 2. The van der Waals surface area contributed by atoms with E-state index in [1.807, 2.05) is 66.7 Å². The number of urea groups is 1. The molecule has 6 heteroatoms. The summed E-state index contributed by atoms with van der Waals surface area (Å²) in [6, 6.07) is 20.3. The Bertz CT molecular complexity index is 1170. The van der Waals surface area contributed by atoms with Gasteiger partial charge in [-0.1, -0.05) is 60.7 Å². The molecule has 0 saturated heterocycles. The van der Waals surface area contributed by atoms with Gasteiger partial charge in [-0.2, -0.15) is 0 Å². The van der Waals surface area contributed by atoms with E-state index in [0.717, 1.165) is 21.9 Å². The van der Waals surface area contributed by atoms with Crippen LogP contribution in [-0.4, -0.2) is 31.1 Å². The number of rotatable bonds is 5. The number of nitrogens with one attached hydrogen (secondary N) is 1. The Morgan fingerprint density at radius 3 is 2.42 bits per heavy atom. The first kappa shape index (κ1) is 20.5. The van der Waals surface area contributed by atoms with Gasteiger partial charge in [0.1, 0.15) is 5.75 Å². The zero-order valence-corrected chi connectivity index (χ0v) is 17.7. The molecule has 1 heterocycles. The number of amides is 2. The highest BCUT2D eigenvalue weighted by atomic mass is 16.5. The number of benzene rings is 3. The van der Waals surface area contributed by atoms with Gasteiger partial charge in [0.25, 0.3) is 0 Å². The number of nitrogens with zero attached hydrogens (tertiary/aromatic N) is 1. The standard InChI is InChI=1S/C25H24N2O4/c1-16-21(24(28)31-3)23(26-25(29)27(16)15-17-9-5-4-6-10-17)22-19-12-8-7-11-18(19)13-14-20(22)30-2/h4-14,23H,15H2,1-3H3,(H,26,29)/t23-/m1/s1.